The number of aromatic nitrogens is 5. The predicted molar refractivity (Wildman–Crippen MR) is 145 cm³/mol. The first-order valence-corrected chi connectivity index (χ1v) is 12.6. The zero-order valence-corrected chi connectivity index (χ0v) is 21.8. The Morgan fingerprint density at radius 3 is 2.62 bits per heavy atom. The van der Waals surface area contributed by atoms with Crippen molar-refractivity contribution in [2.24, 2.45) is 0 Å². The highest BCUT2D eigenvalue weighted by Gasteiger charge is 2.20. The first kappa shape index (κ1) is 26.3. The molecule has 1 N–H and O–H groups in total. The van der Waals surface area contributed by atoms with Gasteiger partial charge in [-0.1, -0.05) is 29.8 Å². The molecule has 0 aliphatic rings. The quantitative estimate of drug-likeness (QED) is 0.210. The van der Waals surface area contributed by atoms with E-state index in [-0.39, 0.29) is 23.7 Å². The molecule has 3 aromatic heterocycles. The third-order valence-corrected chi connectivity index (χ3v) is 6.09. The largest absolute Gasteiger partial charge is 0.494 e. The number of para-hydroxylation sites is 1. The fourth-order valence-electron chi connectivity index (χ4n) is 4.01. The van der Waals surface area contributed by atoms with Crippen LogP contribution in [0.15, 0.2) is 61.1 Å². The summed E-state index contributed by atoms with van der Waals surface area (Å²) >= 11 is 6.29. The zero-order chi connectivity index (χ0) is 27.4. The lowest BCUT2D eigenvalue weighted by Crippen LogP contribution is -2.08. The van der Waals surface area contributed by atoms with Crippen molar-refractivity contribution in [2.75, 3.05) is 18.5 Å². The van der Waals surface area contributed by atoms with Gasteiger partial charge in [-0.25, -0.2) is 18.7 Å². The number of fused-ring (bicyclic) bond motifs is 1. The van der Waals surface area contributed by atoms with Gasteiger partial charge >= 0.3 is 0 Å². The molecular weight excluding hydrogens is 526 g/mol. The second-order valence-corrected chi connectivity index (χ2v) is 8.82. The number of pyridine rings is 1. The second kappa shape index (κ2) is 11.6. The molecule has 11 heteroatoms. The number of benzene rings is 2. The number of nitrogens with one attached hydrogen (secondary N) is 1. The molecule has 0 saturated heterocycles. The minimum absolute atomic E-state index is 0.131. The molecular formula is C28H24ClF2N6O2. The Morgan fingerprint density at radius 2 is 1.87 bits per heavy atom. The average Bonchev–Trinajstić information content (AvgIpc) is 3.30. The van der Waals surface area contributed by atoms with Crippen molar-refractivity contribution in [2.45, 2.75) is 19.9 Å². The van der Waals surface area contributed by atoms with Crippen LogP contribution in [0.5, 0.6) is 11.5 Å². The summed E-state index contributed by atoms with van der Waals surface area (Å²) in [5.74, 6) is -0.258. The Hall–Kier alpha value is -4.31. The number of ether oxygens (including phenoxy) is 2. The number of hydrogen-bond donors (Lipinski definition) is 1. The van der Waals surface area contributed by atoms with E-state index in [1.54, 1.807) is 19.2 Å². The number of anilines is 2. The van der Waals surface area contributed by atoms with E-state index >= 15 is 0 Å². The van der Waals surface area contributed by atoms with Crippen molar-refractivity contribution >= 4 is 34.0 Å². The highest BCUT2D eigenvalue weighted by molar-refractivity contribution is 6.33. The summed E-state index contributed by atoms with van der Waals surface area (Å²) in [6.07, 6.45) is 5.19. The standard InChI is InChI=1S/C28H24ClF2N6O2/c1-3-11-39-25-15-33-28(35-27(25)34-23-9-10-32-14-20(23)29)26-18-7-5-6-8-24(18)37(36-26)16-19-21(30)12-17(38-4-2)13-22(19)31/h5-10,12-15H,1,3-4,11,16H2,2H3,(H,32,33,34,35). The molecule has 0 aliphatic heterocycles. The molecule has 1 radical (unpaired) electrons. The maximum absolute atomic E-state index is 14.9. The molecule has 0 fully saturated rings. The van der Waals surface area contributed by atoms with E-state index in [0.29, 0.717) is 58.5 Å². The zero-order valence-electron chi connectivity index (χ0n) is 21.0. The van der Waals surface area contributed by atoms with Gasteiger partial charge in [-0.3, -0.25) is 9.67 Å². The van der Waals surface area contributed by atoms with E-state index in [1.165, 1.54) is 29.2 Å². The first-order valence-electron chi connectivity index (χ1n) is 12.2. The summed E-state index contributed by atoms with van der Waals surface area (Å²) in [5.41, 5.74) is 1.54. The Labute approximate surface area is 228 Å². The predicted octanol–water partition coefficient (Wildman–Crippen LogP) is 6.61. The van der Waals surface area contributed by atoms with Crippen LogP contribution in [0.3, 0.4) is 0 Å². The van der Waals surface area contributed by atoms with Gasteiger partial charge in [0.15, 0.2) is 17.4 Å². The summed E-state index contributed by atoms with van der Waals surface area (Å²) in [6, 6.07) is 11.4. The Morgan fingerprint density at radius 1 is 1.08 bits per heavy atom. The third kappa shape index (κ3) is 5.61. The molecule has 3 heterocycles. The van der Waals surface area contributed by atoms with Gasteiger partial charge in [-0.2, -0.15) is 5.10 Å². The molecule has 0 bridgehead atoms. The normalized spacial score (nSPS) is 11.1. The lowest BCUT2D eigenvalue weighted by molar-refractivity contribution is 0.323. The van der Waals surface area contributed by atoms with Crippen LogP contribution in [-0.4, -0.2) is 37.9 Å². The van der Waals surface area contributed by atoms with E-state index in [2.05, 4.69) is 32.3 Å². The molecule has 39 heavy (non-hydrogen) atoms. The van der Waals surface area contributed by atoms with Crippen LogP contribution in [-0.2, 0) is 6.54 Å². The van der Waals surface area contributed by atoms with Gasteiger partial charge < -0.3 is 14.8 Å². The molecule has 5 rings (SSSR count). The van der Waals surface area contributed by atoms with Crippen molar-refractivity contribution in [1.29, 1.82) is 0 Å². The minimum Gasteiger partial charge on any atom is -0.494 e. The number of rotatable bonds is 10. The third-order valence-electron chi connectivity index (χ3n) is 5.79. The molecule has 5 aromatic rings. The van der Waals surface area contributed by atoms with Gasteiger partial charge in [0.2, 0.25) is 0 Å². The van der Waals surface area contributed by atoms with Crippen LogP contribution in [0.2, 0.25) is 5.02 Å². The Bertz CT molecular complexity index is 1600. The van der Waals surface area contributed by atoms with Gasteiger partial charge in [-0.05, 0) is 32.4 Å². The highest BCUT2D eigenvalue weighted by Crippen LogP contribution is 2.33. The van der Waals surface area contributed by atoms with Gasteiger partial charge in [-0.15, -0.1) is 0 Å². The van der Waals surface area contributed by atoms with Gasteiger partial charge in [0.05, 0.1) is 42.2 Å². The summed E-state index contributed by atoms with van der Waals surface area (Å²) in [5, 5.41) is 8.95. The molecule has 0 amide bonds. The van der Waals surface area contributed by atoms with E-state index < -0.39 is 11.6 Å². The minimum atomic E-state index is -0.719. The van der Waals surface area contributed by atoms with Crippen LogP contribution in [0, 0.1) is 18.6 Å². The van der Waals surface area contributed by atoms with Crippen molar-refractivity contribution in [3.63, 3.8) is 0 Å². The molecule has 0 spiro atoms. The molecule has 0 unspecified atom stereocenters. The topological polar surface area (TPSA) is 87.0 Å². The van der Waals surface area contributed by atoms with Gasteiger partial charge in [0, 0.05) is 35.5 Å². The van der Waals surface area contributed by atoms with E-state index in [0.717, 1.165) is 0 Å². The first-order chi connectivity index (χ1) is 19.0. The average molecular weight is 550 g/mol. The summed E-state index contributed by atoms with van der Waals surface area (Å²) in [6.45, 7) is 6.06. The van der Waals surface area contributed by atoms with Crippen molar-refractivity contribution in [1.82, 2.24) is 24.7 Å². The molecule has 0 atom stereocenters. The van der Waals surface area contributed by atoms with E-state index in [9.17, 15) is 8.78 Å². The highest BCUT2D eigenvalue weighted by atomic mass is 35.5. The fourth-order valence-corrected chi connectivity index (χ4v) is 4.18. The molecule has 8 nitrogen and oxygen atoms in total. The molecule has 2 aromatic carbocycles. The van der Waals surface area contributed by atoms with Crippen LogP contribution in [0.4, 0.5) is 20.3 Å². The van der Waals surface area contributed by atoms with Crippen molar-refractivity contribution in [3.05, 3.63) is 90.2 Å². The van der Waals surface area contributed by atoms with Crippen LogP contribution in [0.25, 0.3) is 22.4 Å². The smallest absolute Gasteiger partial charge is 0.183 e. The van der Waals surface area contributed by atoms with E-state index in [1.807, 2.05) is 24.3 Å². The van der Waals surface area contributed by atoms with Gasteiger partial charge in [0.25, 0.3) is 0 Å². The van der Waals surface area contributed by atoms with Crippen LogP contribution < -0.4 is 14.8 Å². The van der Waals surface area contributed by atoms with Crippen molar-refractivity contribution in [3.8, 4) is 23.0 Å². The number of halogens is 3. The number of nitrogens with zero attached hydrogens (tertiary/aromatic N) is 5. The Kier molecular flexibility index (Phi) is 7.83. The van der Waals surface area contributed by atoms with Crippen LogP contribution >= 0.6 is 11.6 Å². The Balaban J connectivity index is 1.57. The van der Waals surface area contributed by atoms with E-state index in [4.69, 9.17) is 21.1 Å². The maximum atomic E-state index is 14.9. The SMILES string of the molecule is [CH2]CCOc1cnc(-c2nn(Cc3c(F)cc(OCC)cc3F)c3ccccc23)nc1Nc1ccncc1Cl. The fraction of sp³-hybridized carbons (Fsp3) is 0.179. The maximum Gasteiger partial charge on any atom is 0.183 e. The lowest BCUT2D eigenvalue weighted by Gasteiger charge is -2.13. The van der Waals surface area contributed by atoms with Gasteiger partial charge in [0.1, 0.15) is 23.1 Å². The number of hydrogen-bond acceptors (Lipinski definition) is 7. The second-order valence-electron chi connectivity index (χ2n) is 8.41. The summed E-state index contributed by atoms with van der Waals surface area (Å²) in [4.78, 5) is 13.2. The molecule has 0 aliphatic carbocycles. The van der Waals surface area contributed by atoms with Crippen LogP contribution in [0.1, 0.15) is 18.9 Å². The lowest BCUT2D eigenvalue weighted by atomic mass is 10.1. The molecule has 0 saturated carbocycles. The van der Waals surface area contributed by atoms with Crippen molar-refractivity contribution < 1.29 is 18.3 Å². The summed E-state index contributed by atoms with van der Waals surface area (Å²) in [7, 11) is 0. The monoisotopic (exact) mass is 549 g/mol. The summed E-state index contributed by atoms with van der Waals surface area (Å²) < 4.78 is 42.3. The molecule has 199 valence electrons.